The van der Waals surface area contributed by atoms with Crippen LogP contribution < -0.4 is 5.69 Å². The summed E-state index contributed by atoms with van der Waals surface area (Å²) in [5.41, 5.74) is 0.129. The second kappa shape index (κ2) is 6.56. The predicted molar refractivity (Wildman–Crippen MR) is 92.0 cm³/mol. The fourth-order valence-corrected chi connectivity index (χ4v) is 3.31. The first-order valence-corrected chi connectivity index (χ1v) is 8.26. The van der Waals surface area contributed by atoms with E-state index in [9.17, 15) is 24.4 Å². The second-order valence-electron chi connectivity index (χ2n) is 6.24. The monoisotopic (exact) mass is 374 g/mol. The number of hydrogen-bond acceptors (Lipinski definition) is 6. The van der Waals surface area contributed by atoms with Crippen LogP contribution in [0.25, 0.3) is 16.9 Å². The van der Waals surface area contributed by atoms with Gasteiger partial charge in [0.2, 0.25) is 0 Å². The molecule has 1 unspecified atom stereocenters. The molecule has 0 bridgehead atoms. The fraction of sp³-hybridized carbons (Fsp3) is 0.294. The van der Waals surface area contributed by atoms with Crippen LogP contribution in [0.15, 0.2) is 41.5 Å². The Morgan fingerprint density at radius 1 is 1.33 bits per heavy atom. The Morgan fingerprint density at radius 2 is 2.07 bits per heavy atom. The highest BCUT2D eigenvalue weighted by Crippen LogP contribution is 2.26. The van der Waals surface area contributed by atoms with Gasteiger partial charge in [0.05, 0.1) is 23.3 Å². The van der Waals surface area contributed by atoms with Gasteiger partial charge in [-0.2, -0.15) is 0 Å². The average Bonchev–Trinajstić information content (AvgIpc) is 3.32. The van der Waals surface area contributed by atoms with E-state index in [1.54, 1.807) is 0 Å². The molecule has 1 aromatic carbocycles. The van der Waals surface area contributed by atoms with Crippen molar-refractivity contribution in [2.24, 2.45) is 0 Å². The van der Waals surface area contributed by atoms with E-state index < -0.39 is 28.6 Å². The summed E-state index contributed by atoms with van der Waals surface area (Å²) in [7, 11) is 0. The smallest absolute Gasteiger partial charge is 0.334 e. The summed E-state index contributed by atoms with van der Waals surface area (Å²) in [5.74, 6) is -0.689. The minimum atomic E-state index is -0.689. The number of rotatable bonds is 4. The predicted octanol–water partition coefficient (Wildman–Crippen LogP) is 1.53. The molecular formula is C17H15FN4O5. The molecule has 9 nitrogen and oxygen atoms in total. The van der Waals surface area contributed by atoms with Crippen LogP contribution in [-0.4, -0.2) is 43.3 Å². The molecule has 140 valence electrons. The van der Waals surface area contributed by atoms with Gasteiger partial charge in [0, 0.05) is 36.7 Å². The first-order chi connectivity index (χ1) is 13.0. The first kappa shape index (κ1) is 17.3. The van der Waals surface area contributed by atoms with E-state index in [4.69, 9.17) is 4.74 Å². The molecule has 1 N–H and O–H groups in total. The summed E-state index contributed by atoms with van der Waals surface area (Å²) in [5, 5.41) is 20.1. The number of non-ortho nitro benzene ring substituents is 1. The zero-order valence-electron chi connectivity index (χ0n) is 14.0. The van der Waals surface area contributed by atoms with Crippen molar-refractivity contribution in [3.63, 3.8) is 0 Å². The van der Waals surface area contributed by atoms with Gasteiger partial charge in [-0.05, 0) is 18.6 Å². The molecule has 1 aliphatic heterocycles. The van der Waals surface area contributed by atoms with Crippen molar-refractivity contribution in [3.05, 3.63) is 63.1 Å². The number of nitrogens with zero attached hydrogens (tertiary/aromatic N) is 4. The van der Waals surface area contributed by atoms with Crippen LogP contribution in [-0.2, 0) is 4.74 Å². The third kappa shape index (κ3) is 2.88. The van der Waals surface area contributed by atoms with Crippen LogP contribution in [0, 0.1) is 15.9 Å². The van der Waals surface area contributed by atoms with E-state index in [1.807, 2.05) is 0 Å². The van der Waals surface area contributed by atoms with Crippen LogP contribution in [0.3, 0.4) is 0 Å². The van der Waals surface area contributed by atoms with Crippen LogP contribution in [0.2, 0.25) is 0 Å². The molecule has 0 saturated carbocycles. The molecule has 1 saturated heterocycles. The minimum Gasteiger partial charge on any atom is -0.394 e. The molecule has 0 radical (unpaired) electrons. The molecule has 0 spiro atoms. The Morgan fingerprint density at radius 3 is 2.74 bits per heavy atom. The third-order valence-corrected chi connectivity index (χ3v) is 4.68. The molecule has 0 aliphatic carbocycles. The van der Waals surface area contributed by atoms with Gasteiger partial charge in [-0.3, -0.25) is 14.7 Å². The van der Waals surface area contributed by atoms with Gasteiger partial charge < -0.3 is 9.84 Å². The number of hydrogen-bond donors (Lipinski definition) is 1. The zero-order valence-corrected chi connectivity index (χ0v) is 14.0. The molecule has 4 rings (SSSR count). The Bertz CT molecular complexity index is 1080. The quantitative estimate of drug-likeness (QED) is 0.548. The molecule has 2 atom stereocenters. The van der Waals surface area contributed by atoms with Crippen molar-refractivity contribution in [2.75, 3.05) is 13.2 Å². The van der Waals surface area contributed by atoms with Crippen molar-refractivity contribution in [1.29, 1.82) is 0 Å². The maximum absolute atomic E-state index is 14.6. The van der Waals surface area contributed by atoms with E-state index in [1.165, 1.54) is 35.0 Å². The summed E-state index contributed by atoms with van der Waals surface area (Å²) >= 11 is 0. The summed E-state index contributed by atoms with van der Waals surface area (Å²) in [6, 6.07) is 5.14. The normalized spacial score (nSPS) is 19.6. The van der Waals surface area contributed by atoms with E-state index in [2.05, 4.69) is 4.98 Å². The number of imidazole rings is 1. The summed E-state index contributed by atoms with van der Waals surface area (Å²) in [4.78, 5) is 27.2. The maximum Gasteiger partial charge on any atom is 0.334 e. The van der Waals surface area contributed by atoms with E-state index in [0.29, 0.717) is 24.3 Å². The number of nitro groups is 1. The summed E-state index contributed by atoms with van der Waals surface area (Å²) in [6.45, 7) is 0.106. The van der Waals surface area contributed by atoms with Gasteiger partial charge in [0.1, 0.15) is 6.10 Å². The Labute approximate surface area is 151 Å². The van der Waals surface area contributed by atoms with Gasteiger partial charge in [0.15, 0.2) is 11.5 Å². The van der Waals surface area contributed by atoms with E-state index in [0.717, 1.165) is 10.6 Å². The number of benzene rings is 1. The maximum atomic E-state index is 14.6. The van der Waals surface area contributed by atoms with Gasteiger partial charge in [-0.25, -0.2) is 18.6 Å². The Kier molecular flexibility index (Phi) is 4.21. The van der Waals surface area contributed by atoms with Crippen LogP contribution in [0.1, 0.15) is 12.5 Å². The molecule has 10 heteroatoms. The Balaban J connectivity index is 1.80. The molecule has 3 aromatic rings. The van der Waals surface area contributed by atoms with Crippen molar-refractivity contribution in [1.82, 2.24) is 14.0 Å². The molecule has 3 heterocycles. The lowest BCUT2D eigenvalue weighted by molar-refractivity contribution is -0.384. The first-order valence-electron chi connectivity index (χ1n) is 8.26. The lowest BCUT2D eigenvalue weighted by atomic mass is 10.1. The van der Waals surface area contributed by atoms with Gasteiger partial charge >= 0.3 is 5.69 Å². The number of aromatic nitrogens is 3. The van der Waals surface area contributed by atoms with Crippen molar-refractivity contribution in [2.45, 2.75) is 18.6 Å². The van der Waals surface area contributed by atoms with Gasteiger partial charge in [0.25, 0.3) is 5.69 Å². The molecule has 0 amide bonds. The summed E-state index contributed by atoms with van der Waals surface area (Å²) in [6.07, 6.45) is 2.38. The minimum absolute atomic E-state index is 0.0765. The van der Waals surface area contributed by atoms with Crippen molar-refractivity contribution in [3.8, 4) is 11.3 Å². The lowest BCUT2D eigenvalue weighted by Gasteiger charge is -2.19. The molecular weight excluding hydrogens is 359 g/mol. The summed E-state index contributed by atoms with van der Waals surface area (Å²) < 4.78 is 22.3. The molecule has 27 heavy (non-hydrogen) atoms. The molecule has 1 fully saturated rings. The highest BCUT2D eigenvalue weighted by Gasteiger charge is 2.31. The molecule has 2 aromatic heterocycles. The number of halogens is 1. The SMILES string of the molecule is O=c1n([C@H]2CCOC2CO)cc(F)c2nc(-c3ccc([N+](=O)[O-])cc3)cn12. The topological polar surface area (TPSA) is 112 Å². The zero-order chi connectivity index (χ0) is 19.1. The fourth-order valence-electron chi connectivity index (χ4n) is 3.31. The number of fused-ring (bicyclic) bond motifs is 1. The van der Waals surface area contributed by atoms with Crippen LogP contribution >= 0.6 is 0 Å². The number of aliphatic hydroxyl groups is 1. The number of nitro benzene ring substituents is 1. The van der Waals surface area contributed by atoms with Gasteiger partial charge in [-0.1, -0.05) is 0 Å². The third-order valence-electron chi connectivity index (χ3n) is 4.68. The highest BCUT2D eigenvalue weighted by molar-refractivity contribution is 5.64. The van der Waals surface area contributed by atoms with E-state index in [-0.39, 0.29) is 17.9 Å². The van der Waals surface area contributed by atoms with Crippen molar-refractivity contribution < 1.29 is 19.2 Å². The molecule has 1 aliphatic rings. The van der Waals surface area contributed by atoms with Crippen LogP contribution in [0.4, 0.5) is 10.1 Å². The Hall–Kier alpha value is -3.11. The number of ether oxygens (including phenoxy) is 1. The van der Waals surface area contributed by atoms with Crippen LogP contribution in [0.5, 0.6) is 0 Å². The van der Waals surface area contributed by atoms with Crippen molar-refractivity contribution >= 4 is 11.3 Å². The average molecular weight is 374 g/mol. The highest BCUT2D eigenvalue weighted by atomic mass is 19.1. The van der Waals surface area contributed by atoms with E-state index >= 15 is 0 Å². The largest absolute Gasteiger partial charge is 0.394 e. The second-order valence-corrected chi connectivity index (χ2v) is 6.24. The number of aliphatic hydroxyl groups excluding tert-OH is 1. The van der Waals surface area contributed by atoms with Gasteiger partial charge in [-0.15, -0.1) is 0 Å². The lowest BCUT2D eigenvalue weighted by Crippen LogP contribution is -2.35. The standard InChI is InChI=1S/C17H15FN4O5/c18-12-7-20(14-5-6-27-15(14)9-23)17(24)21-8-13(19-16(12)21)10-1-3-11(4-2-10)22(25)26/h1-4,7-8,14-15,23H,5-6,9H2/t14-,15?/m0/s1.